The molecule has 3 atom stereocenters. The molecule has 3 aromatic rings. The van der Waals surface area contributed by atoms with Gasteiger partial charge in [0.1, 0.15) is 11.6 Å². The number of ether oxygens (including phenoxy) is 1. The number of allylic oxidation sites excluding steroid dienone is 1. The van der Waals surface area contributed by atoms with Gasteiger partial charge in [-0.05, 0) is 92.8 Å². The number of piperidine rings is 1. The molecular weight excluding hydrogens is 785 g/mol. The maximum atomic E-state index is 13.9. The molecule has 1 saturated carbocycles. The van der Waals surface area contributed by atoms with Gasteiger partial charge in [0.25, 0.3) is 5.91 Å². The molecule has 15 nitrogen and oxygen atoms in total. The van der Waals surface area contributed by atoms with Crippen LogP contribution in [0.1, 0.15) is 88.7 Å². The van der Waals surface area contributed by atoms with Crippen molar-refractivity contribution in [3.05, 3.63) is 99.6 Å². The van der Waals surface area contributed by atoms with Gasteiger partial charge in [0.05, 0.1) is 23.4 Å². The highest BCUT2D eigenvalue weighted by atomic mass is 16.5. The van der Waals surface area contributed by atoms with E-state index in [1.54, 1.807) is 18.1 Å². The number of likely N-dealkylation sites (tertiary alicyclic amines) is 1. The van der Waals surface area contributed by atoms with Crippen LogP contribution in [-0.4, -0.2) is 125 Å². The van der Waals surface area contributed by atoms with E-state index >= 15 is 0 Å². The number of carbonyl (C=O) groups is 3. The molecule has 0 radical (unpaired) electrons. The summed E-state index contributed by atoms with van der Waals surface area (Å²) in [6.45, 7) is 10.4. The fourth-order valence-electron chi connectivity index (χ4n) is 10.7. The van der Waals surface area contributed by atoms with Crippen LogP contribution in [0.5, 0.6) is 5.75 Å². The lowest BCUT2D eigenvalue weighted by molar-refractivity contribution is -0.619. The quantitative estimate of drug-likeness (QED) is 0.202. The number of aromatic nitrogens is 1. The number of aliphatic imine (C=N–C) groups is 1. The Balaban J connectivity index is 0.769. The number of urea groups is 1. The molecule has 2 aromatic carbocycles. The first-order chi connectivity index (χ1) is 30.0. The van der Waals surface area contributed by atoms with Crippen LogP contribution < -0.4 is 21.9 Å². The molecule has 15 heteroatoms. The lowest BCUT2D eigenvalue weighted by atomic mass is 9.85. The fourth-order valence-corrected chi connectivity index (χ4v) is 10.7. The van der Waals surface area contributed by atoms with Gasteiger partial charge >= 0.3 is 6.03 Å². The zero-order valence-electron chi connectivity index (χ0n) is 36.2. The SMILES string of the molecule is COC1CC(c2ccc(C(=O)N3CCN(CC4CCC(n5cc(C)c6c5N=CC(N5CCC(=O)NC5=O)C6)CC4)CC3)cc2C)CN(C2=C(N)N[NH2+]C(c3ccccc3O)=C2)C1. The van der Waals surface area contributed by atoms with Crippen LogP contribution in [0.3, 0.4) is 0 Å². The monoisotopic (exact) mass is 845 g/mol. The maximum absolute atomic E-state index is 13.9. The molecule has 7 N–H and O–H groups in total. The third-order valence-corrected chi connectivity index (χ3v) is 14.2. The molecule has 6 aliphatic rings. The molecule has 3 saturated heterocycles. The van der Waals surface area contributed by atoms with Gasteiger partial charge in [0.2, 0.25) is 5.91 Å². The van der Waals surface area contributed by atoms with Crippen molar-refractivity contribution in [2.24, 2.45) is 16.6 Å². The van der Waals surface area contributed by atoms with Crippen molar-refractivity contribution in [1.82, 2.24) is 34.9 Å². The van der Waals surface area contributed by atoms with E-state index in [1.165, 1.54) is 16.7 Å². The number of phenolic OH excluding ortho intramolecular Hbond substituents is 1. The number of fused-ring (bicyclic) bond motifs is 1. The lowest BCUT2D eigenvalue weighted by Crippen LogP contribution is -2.91. The number of rotatable bonds is 9. The molecule has 4 amide bonds. The minimum atomic E-state index is -0.327. The molecule has 0 bridgehead atoms. The van der Waals surface area contributed by atoms with Crippen molar-refractivity contribution in [3.63, 3.8) is 0 Å². The van der Waals surface area contributed by atoms with Gasteiger partial charge in [-0.3, -0.25) is 19.8 Å². The number of phenols is 1. The number of amides is 4. The summed E-state index contributed by atoms with van der Waals surface area (Å²) in [5.74, 6) is 2.49. The third kappa shape index (κ3) is 8.45. The summed E-state index contributed by atoms with van der Waals surface area (Å²) in [5, 5.41) is 13.0. The lowest BCUT2D eigenvalue weighted by Gasteiger charge is -2.40. The highest BCUT2D eigenvalue weighted by Crippen LogP contribution is 2.40. The minimum Gasteiger partial charge on any atom is -0.507 e. The summed E-state index contributed by atoms with van der Waals surface area (Å²) in [6, 6.07) is 13.4. The number of nitrogens with two attached hydrogens (primary N) is 2. The number of imide groups is 1. The Bertz CT molecular complexity index is 2300. The first-order valence-electron chi connectivity index (χ1n) is 22.4. The van der Waals surface area contributed by atoms with E-state index in [0.717, 1.165) is 112 Å². The van der Waals surface area contributed by atoms with Gasteiger partial charge in [0, 0.05) is 114 Å². The van der Waals surface area contributed by atoms with Gasteiger partial charge in [-0.1, -0.05) is 18.2 Å². The predicted octanol–water partition coefficient (Wildman–Crippen LogP) is 3.62. The average Bonchev–Trinajstić information content (AvgIpc) is 3.61. The summed E-state index contributed by atoms with van der Waals surface area (Å²) in [6.07, 6.45) is 12.6. The van der Waals surface area contributed by atoms with Gasteiger partial charge in [0.15, 0.2) is 11.5 Å². The number of aromatic hydroxyl groups is 1. The van der Waals surface area contributed by atoms with Gasteiger partial charge in [-0.15, -0.1) is 0 Å². The van der Waals surface area contributed by atoms with Gasteiger partial charge in [-0.25, -0.2) is 20.6 Å². The molecular formula is C47H61N10O5+. The van der Waals surface area contributed by atoms with Crippen molar-refractivity contribution in [1.29, 1.82) is 0 Å². The van der Waals surface area contributed by atoms with Gasteiger partial charge < -0.3 is 34.8 Å². The molecule has 1 aliphatic carbocycles. The Morgan fingerprint density at radius 2 is 1.79 bits per heavy atom. The number of methoxy groups -OCH3 is 1. The van der Waals surface area contributed by atoms with E-state index in [0.29, 0.717) is 37.3 Å². The normalized spacial score (nSPS) is 26.0. The Labute approximate surface area is 363 Å². The molecule has 1 aromatic heterocycles. The number of nitrogens with zero attached hydrogens (tertiary/aromatic N) is 6. The Hall–Kier alpha value is -5.64. The smallest absolute Gasteiger partial charge is 0.324 e. The minimum absolute atomic E-state index is 0.000313. The van der Waals surface area contributed by atoms with Crippen molar-refractivity contribution in [2.75, 3.05) is 59.5 Å². The summed E-state index contributed by atoms with van der Waals surface area (Å²) < 4.78 is 8.33. The number of hydrogen-bond acceptors (Lipinski definition) is 10. The van der Waals surface area contributed by atoms with Crippen molar-refractivity contribution >= 4 is 35.6 Å². The zero-order chi connectivity index (χ0) is 43.1. The van der Waals surface area contributed by atoms with Crippen molar-refractivity contribution in [3.8, 4) is 5.75 Å². The average molecular weight is 846 g/mol. The predicted molar refractivity (Wildman–Crippen MR) is 236 cm³/mol. The molecule has 5 aliphatic heterocycles. The Morgan fingerprint density at radius 1 is 1.00 bits per heavy atom. The van der Waals surface area contributed by atoms with Crippen LogP contribution in [0.4, 0.5) is 10.6 Å². The number of aryl methyl sites for hydroxylation is 2. The van der Waals surface area contributed by atoms with Crippen LogP contribution in [0.25, 0.3) is 5.70 Å². The number of piperazine rings is 1. The van der Waals surface area contributed by atoms with Crippen molar-refractivity contribution in [2.45, 2.75) is 82.9 Å². The molecule has 3 unspecified atom stereocenters. The largest absolute Gasteiger partial charge is 0.507 e. The van der Waals surface area contributed by atoms with E-state index in [9.17, 15) is 19.5 Å². The second kappa shape index (κ2) is 17.6. The highest BCUT2D eigenvalue weighted by Gasteiger charge is 2.36. The van der Waals surface area contributed by atoms with E-state index in [-0.39, 0.29) is 41.7 Å². The summed E-state index contributed by atoms with van der Waals surface area (Å²) in [4.78, 5) is 51.5. The Kier molecular flexibility index (Phi) is 11.8. The van der Waals surface area contributed by atoms with Crippen LogP contribution in [0.2, 0.25) is 0 Å². The van der Waals surface area contributed by atoms with E-state index in [4.69, 9.17) is 15.5 Å². The highest BCUT2D eigenvalue weighted by molar-refractivity contribution is 5.98. The zero-order valence-corrected chi connectivity index (χ0v) is 36.2. The second-order valence-corrected chi connectivity index (χ2v) is 18.1. The van der Waals surface area contributed by atoms with Gasteiger partial charge in [-0.2, -0.15) is 0 Å². The van der Waals surface area contributed by atoms with Crippen LogP contribution >= 0.6 is 0 Å². The summed E-state index contributed by atoms with van der Waals surface area (Å²) in [5.41, 5.74) is 19.5. The van der Waals surface area contributed by atoms with E-state index in [2.05, 4.69) is 57.3 Å². The van der Waals surface area contributed by atoms with Crippen LogP contribution in [0.15, 0.2) is 71.2 Å². The summed E-state index contributed by atoms with van der Waals surface area (Å²) >= 11 is 0. The molecule has 6 heterocycles. The molecule has 0 spiro atoms. The number of carbonyl (C=O) groups excluding carboxylic acids is 3. The molecule has 4 fully saturated rings. The first kappa shape index (κ1) is 41.7. The number of hydrogen-bond donors (Lipinski definition) is 5. The fraction of sp³-hybridized carbons (Fsp3) is 0.489. The van der Waals surface area contributed by atoms with E-state index in [1.807, 2.05) is 46.9 Å². The van der Waals surface area contributed by atoms with E-state index < -0.39 is 0 Å². The number of quaternary nitrogens is 1. The molecule has 62 heavy (non-hydrogen) atoms. The summed E-state index contributed by atoms with van der Waals surface area (Å²) in [7, 11) is 1.76. The Morgan fingerprint density at radius 3 is 2.53 bits per heavy atom. The standard InChI is InChI=1S/C47H60N10O5/c1-29-20-32(10-13-37(29)33-21-36(62-3)28-55(27-33)41-23-40(51-52-44(41)48)38-6-4-5-7-42(38)58)46(60)54-18-16-53(17-19-54)26-31-8-11-34(12-9-31)57-25-30(2)39-22-35(24-49-45(39)57)56-15-14-43(59)50-47(56)61/h4-7,10,13,20,23-25,31,33-36,51-52,58H,8-9,11-12,14-19,21-22,26-28,48H2,1-3H3,(H,50,59,61)/p+1. The van der Waals surface area contributed by atoms with Crippen LogP contribution in [-0.2, 0) is 16.0 Å². The number of nitrogens with one attached hydrogen (secondary N) is 2. The maximum Gasteiger partial charge on any atom is 0.324 e. The third-order valence-electron chi connectivity index (χ3n) is 14.2. The number of para-hydroxylation sites is 1. The first-order valence-corrected chi connectivity index (χ1v) is 22.4. The second-order valence-electron chi connectivity index (χ2n) is 18.1. The molecule has 9 rings (SSSR count). The van der Waals surface area contributed by atoms with Crippen molar-refractivity contribution < 1.29 is 29.7 Å². The molecule has 328 valence electrons. The topological polar surface area (TPSA) is 178 Å². The van der Waals surface area contributed by atoms with Crippen LogP contribution in [0, 0.1) is 19.8 Å². The number of benzene rings is 2.